The van der Waals surface area contributed by atoms with E-state index in [0.717, 1.165) is 6.42 Å². The van der Waals surface area contributed by atoms with E-state index in [1.165, 1.54) is 38.5 Å². The molecule has 0 bridgehead atoms. The molecule has 2 rings (SSSR count). The molecular formula is C39H64. The molecule has 0 nitrogen and oxygen atoms in total. The lowest BCUT2D eigenvalue weighted by molar-refractivity contribution is 0.634. The Labute approximate surface area is 244 Å². The predicted octanol–water partition coefficient (Wildman–Crippen LogP) is 13.1. The molecule has 0 heteroatoms. The minimum Gasteiger partial charge on any atom is -0.0648 e. The smallest absolute Gasteiger partial charge is 0.0150 e. The number of hydrogen-bond acceptors (Lipinski definition) is 0. The van der Waals surface area contributed by atoms with Gasteiger partial charge in [-0.1, -0.05) is 114 Å². The average molecular weight is 533 g/mol. The molecule has 0 aliphatic heterocycles. The van der Waals surface area contributed by atoms with Crippen molar-refractivity contribution < 1.29 is 0 Å². The molecule has 0 heterocycles. The molecule has 2 aromatic carbocycles. The molecule has 39 heavy (non-hydrogen) atoms. The summed E-state index contributed by atoms with van der Waals surface area (Å²) in [5.41, 5.74) is 12.9. The number of rotatable bonds is 15. The number of benzene rings is 2. The van der Waals surface area contributed by atoms with Crippen LogP contribution in [0.4, 0.5) is 0 Å². The molecule has 7 unspecified atom stereocenters. The maximum Gasteiger partial charge on any atom is -0.0150 e. The van der Waals surface area contributed by atoms with Gasteiger partial charge in [0.05, 0.1) is 0 Å². The van der Waals surface area contributed by atoms with Gasteiger partial charge in [-0.25, -0.2) is 0 Å². The summed E-state index contributed by atoms with van der Waals surface area (Å²) < 4.78 is 0. The normalized spacial score (nSPS) is 17.4. The highest BCUT2D eigenvalue weighted by molar-refractivity contribution is 5.48. The van der Waals surface area contributed by atoms with E-state index in [2.05, 4.69) is 114 Å². The minimum atomic E-state index is 0.505. The van der Waals surface area contributed by atoms with Crippen LogP contribution in [0.5, 0.6) is 0 Å². The standard InChI is InChI=1S/C39H64/c1-14-25(7)34-21-32(22-35(26(8)15-2)38(34)29(11)18-5)20-31(13)33-23-36(27(9)16-3)39(30(12)19-6)37(24-33)28(10)17-4/h21-31H,14-20H2,1-13H3. The van der Waals surface area contributed by atoms with E-state index in [0.29, 0.717) is 41.4 Å². The van der Waals surface area contributed by atoms with Crippen molar-refractivity contribution in [3.63, 3.8) is 0 Å². The zero-order chi connectivity index (χ0) is 29.4. The molecule has 0 aliphatic rings. The van der Waals surface area contributed by atoms with Crippen molar-refractivity contribution >= 4 is 0 Å². The molecule has 0 aromatic heterocycles. The molecule has 0 aliphatic carbocycles. The Morgan fingerprint density at radius 3 is 0.949 bits per heavy atom. The second-order valence-electron chi connectivity index (χ2n) is 13.3. The zero-order valence-electron chi connectivity index (χ0n) is 28.3. The van der Waals surface area contributed by atoms with E-state index in [4.69, 9.17) is 0 Å². The molecule has 220 valence electrons. The molecule has 0 saturated carbocycles. The fourth-order valence-corrected chi connectivity index (χ4v) is 6.42. The summed E-state index contributed by atoms with van der Waals surface area (Å²) in [6.07, 6.45) is 8.36. The summed E-state index contributed by atoms with van der Waals surface area (Å²) in [7, 11) is 0. The summed E-state index contributed by atoms with van der Waals surface area (Å²) in [5.74, 6) is 4.17. The van der Waals surface area contributed by atoms with Crippen molar-refractivity contribution in [1.29, 1.82) is 0 Å². The SMILES string of the molecule is CCC(C)c1cc(CC(C)c2cc(C(C)CC)c(C(C)CC)c(C(C)CC)c2)cc(C(C)CC)c1C(C)CC. The highest BCUT2D eigenvalue weighted by Gasteiger charge is 2.25. The van der Waals surface area contributed by atoms with Gasteiger partial charge in [0.2, 0.25) is 0 Å². The Morgan fingerprint density at radius 1 is 0.385 bits per heavy atom. The Morgan fingerprint density at radius 2 is 0.667 bits per heavy atom. The third-order valence-electron chi connectivity index (χ3n) is 10.5. The van der Waals surface area contributed by atoms with Gasteiger partial charge in [0.25, 0.3) is 0 Å². The lowest BCUT2D eigenvalue weighted by atomic mass is 9.76. The van der Waals surface area contributed by atoms with Crippen LogP contribution in [-0.2, 0) is 6.42 Å². The van der Waals surface area contributed by atoms with E-state index < -0.39 is 0 Å². The van der Waals surface area contributed by atoms with E-state index in [1.54, 1.807) is 44.5 Å². The molecule has 2 aromatic rings. The minimum absolute atomic E-state index is 0.505. The zero-order valence-corrected chi connectivity index (χ0v) is 28.3. The highest BCUT2D eigenvalue weighted by Crippen LogP contribution is 2.41. The van der Waals surface area contributed by atoms with Gasteiger partial charge in [0.15, 0.2) is 0 Å². The fraction of sp³-hybridized carbons (Fsp3) is 0.692. The molecule has 7 atom stereocenters. The van der Waals surface area contributed by atoms with E-state index >= 15 is 0 Å². The first-order chi connectivity index (χ1) is 18.5. The van der Waals surface area contributed by atoms with Crippen molar-refractivity contribution in [3.05, 3.63) is 68.8 Å². The summed E-state index contributed by atoms with van der Waals surface area (Å²) in [6, 6.07) is 10.4. The maximum absolute atomic E-state index is 2.62. The molecule has 0 fully saturated rings. The van der Waals surface area contributed by atoms with Crippen molar-refractivity contribution in [3.8, 4) is 0 Å². The lowest BCUT2D eigenvalue weighted by Gasteiger charge is -2.29. The Hall–Kier alpha value is -1.56. The Bertz CT molecular complexity index is 964. The van der Waals surface area contributed by atoms with Crippen LogP contribution in [0.2, 0.25) is 0 Å². The van der Waals surface area contributed by atoms with Gasteiger partial charge in [-0.3, -0.25) is 0 Å². The second-order valence-corrected chi connectivity index (χ2v) is 13.3. The van der Waals surface area contributed by atoms with Crippen LogP contribution in [0.25, 0.3) is 0 Å². The summed E-state index contributed by atoms with van der Waals surface area (Å²) in [5, 5.41) is 0. The van der Waals surface area contributed by atoms with Gasteiger partial charge in [-0.05, 0) is 131 Å². The molecule has 0 amide bonds. The quantitative estimate of drug-likeness (QED) is 0.214. The van der Waals surface area contributed by atoms with E-state index in [1.807, 2.05) is 0 Å². The second kappa shape index (κ2) is 15.4. The van der Waals surface area contributed by atoms with Crippen LogP contribution in [0.15, 0.2) is 24.3 Å². The molecule has 0 radical (unpaired) electrons. The summed E-state index contributed by atoms with van der Waals surface area (Å²) >= 11 is 0. The predicted molar refractivity (Wildman–Crippen MR) is 177 cm³/mol. The molecular weight excluding hydrogens is 468 g/mol. The van der Waals surface area contributed by atoms with Crippen LogP contribution in [0.3, 0.4) is 0 Å². The highest BCUT2D eigenvalue weighted by atomic mass is 14.3. The largest absolute Gasteiger partial charge is 0.0648 e. The van der Waals surface area contributed by atoms with Gasteiger partial charge in [-0.15, -0.1) is 0 Å². The van der Waals surface area contributed by atoms with Crippen LogP contribution in [0.1, 0.15) is 214 Å². The average Bonchev–Trinajstić information content (AvgIpc) is 2.97. The van der Waals surface area contributed by atoms with E-state index in [9.17, 15) is 0 Å². The van der Waals surface area contributed by atoms with Gasteiger partial charge < -0.3 is 0 Å². The molecule has 0 N–H and O–H groups in total. The lowest BCUT2D eigenvalue weighted by Crippen LogP contribution is -2.13. The maximum atomic E-state index is 2.62. The number of hydrogen-bond donors (Lipinski definition) is 0. The van der Waals surface area contributed by atoms with Crippen molar-refractivity contribution in [2.75, 3.05) is 0 Å². The van der Waals surface area contributed by atoms with Crippen LogP contribution >= 0.6 is 0 Å². The van der Waals surface area contributed by atoms with Crippen molar-refractivity contribution in [2.45, 2.75) is 176 Å². The van der Waals surface area contributed by atoms with Crippen molar-refractivity contribution in [2.24, 2.45) is 0 Å². The molecule has 0 spiro atoms. The van der Waals surface area contributed by atoms with Gasteiger partial charge in [-0.2, -0.15) is 0 Å². The summed E-state index contributed by atoms with van der Waals surface area (Å²) in [6.45, 7) is 31.3. The van der Waals surface area contributed by atoms with Crippen LogP contribution in [-0.4, -0.2) is 0 Å². The van der Waals surface area contributed by atoms with Crippen LogP contribution in [0, 0.1) is 0 Å². The van der Waals surface area contributed by atoms with Gasteiger partial charge in [0.1, 0.15) is 0 Å². The van der Waals surface area contributed by atoms with Crippen molar-refractivity contribution in [1.82, 2.24) is 0 Å². The first-order valence-electron chi connectivity index (χ1n) is 16.8. The third kappa shape index (κ3) is 7.80. The summed E-state index contributed by atoms with van der Waals surface area (Å²) in [4.78, 5) is 0. The first kappa shape index (κ1) is 33.6. The molecule has 0 saturated heterocycles. The third-order valence-corrected chi connectivity index (χ3v) is 10.5. The van der Waals surface area contributed by atoms with Gasteiger partial charge >= 0.3 is 0 Å². The fourth-order valence-electron chi connectivity index (χ4n) is 6.42. The topological polar surface area (TPSA) is 0 Å². The Balaban J connectivity index is 2.70. The van der Waals surface area contributed by atoms with E-state index in [-0.39, 0.29) is 0 Å². The monoisotopic (exact) mass is 533 g/mol. The van der Waals surface area contributed by atoms with Crippen LogP contribution < -0.4 is 0 Å². The first-order valence-corrected chi connectivity index (χ1v) is 16.8. The Kier molecular flexibility index (Phi) is 13.3. The van der Waals surface area contributed by atoms with Gasteiger partial charge in [0, 0.05) is 0 Å².